The molecule has 0 spiro atoms. The van der Waals surface area contributed by atoms with Crippen LogP contribution in [-0.4, -0.2) is 18.1 Å². The van der Waals surface area contributed by atoms with Crippen LogP contribution in [0.4, 0.5) is 0 Å². The molecule has 4 rings (SSSR count). The van der Waals surface area contributed by atoms with Crippen molar-refractivity contribution >= 4 is 27.8 Å². The number of benzene rings is 3. The number of carbonyl (C=O) groups is 1. The third-order valence-electron chi connectivity index (χ3n) is 4.14. The van der Waals surface area contributed by atoms with Gasteiger partial charge in [-0.25, -0.2) is 4.79 Å². The summed E-state index contributed by atoms with van der Waals surface area (Å²) in [6.45, 7) is 0. The van der Waals surface area contributed by atoms with Crippen LogP contribution in [0.15, 0.2) is 66.7 Å². The minimum atomic E-state index is -0.323. The molecule has 1 aromatic heterocycles. The fourth-order valence-corrected chi connectivity index (χ4v) is 3.05. The van der Waals surface area contributed by atoms with E-state index in [0.29, 0.717) is 5.56 Å². The average molecular weight is 301 g/mol. The van der Waals surface area contributed by atoms with Crippen LogP contribution in [-0.2, 0) is 4.74 Å². The maximum atomic E-state index is 11.8. The molecule has 4 aromatic rings. The quantitative estimate of drug-likeness (QED) is 0.542. The van der Waals surface area contributed by atoms with Crippen molar-refractivity contribution in [3.8, 4) is 11.1 Å². The Labute approximate surface area is 133 Å². The topological polar surface area (TPSA) is 42.1 Å². The molecule has 0 unspecified atom stereocenters. The standard InChI is InChI=1S/C20H15NO2/c1-23-20(22)14-7-4-6-13(12-14)15-9-5-10-17-16-8-2-3-11-18(16)21-19(15)17/h2-12,21H,1H3. The first-order chi connectivity index (χ1) is 11.3. The number of nitrogens with one attached hydrogen (secondary N) is 1. The second-order valence-corrected chi connectivity index (χ2v) is 5.47. The Morgan fingerprint density at radius 3 is 2.57 bits per heavy atom. The lowest BCUT2D eigenvalue weighted by Gasteiger charge is -2.06. The Balaban J connectivity index is 1.97. The van der Waals surface area contributed by atoms with Crippen LogP contribution in [0.1, 0.15) is 10.4 Å². The summed E-state index contributed by atoms with van der Waals surface area (Å²) >= 11 is 0. The van der Waals surface area contributed by atoms with Gasteiger partial charge in [0.2, 0.25) is 0 Å². The number of aromatic amines is 1. The summed E-state index contributed by atoms with van der Waals surface area (Å²) < 4.78 is 4.82. The SMILES string of the molecule is COC(=O)c1cccc(-c2cccc3c2[nH]c2ccccc23)c1. The molecule has 1 N–H and O–H groups in total. The van der Waals surface area contributed by atoms with Crippen LogP contribution in [0, 0.1) is 0 Å². The third kappa shape index (κ3) is 2.18. The van der Waals surface area contributed by atoms with E-state index in [-0.39, 0.29) is 5.97 Å². The van der Waals surface area contributed by atoms with Crippen LogP contribution in [0.2, 0.25) is 0 Å². The van der Waals surface area contributed by atoms with Gasteiger partial charge in [0.25, 0.3) is 0 Å². The van der Waals surface area contributed by atoms with Crippen LogP contribution < -0.4 is 0 Å². The lowest BCUT2D eigenvalue weighted by molar-refractivity contribution is 0.0601. The first kappa shape index (κ1) is 13.6. The zero-order valence-corrected chi connectivity index (χ0v) is 12.7. The highest BCUT2D eigenvalue weighted by molar-refractivity contribution is 6.11. The number of aromatic nitrogens is 1. The van der Waals surface area contributed by atoms with Crippen LogP contribution >= 0.6 is 0 Å². The van der Waals surface area contributed by atoms with Crippen molar-refractivity contribution < 1.29 is 9.53 Å². The van der Waals surface area contributed by atoms with Crippen molar-refractivity contribution in [1.29, 1.82) is 0 Å². The van der Waals surface area contributed by atoms with Crippen LogP contribution in [0.25, 0.3) is 32.9 Å². The highest BCUT2D eigenvalue weighted by Gasteiger charge is 2.11. The molecular weight excluding hydrogens is 286 g/mol. The number of fused-ring (bicyclic) bond motifs is 3. The maximum absolute atomic E-state index is 11.8. The Kier molecular flexibility index (Phi) is 3.12. The van der Waals surface area contributed by atoms with Crippen molar-refractivity contribution in [3.63, 3.8) is 0 Å². The minimum Gasteiger partial charge on any atom is -0.465 e. The highest BCUT2D eigenvalue weighted by atomic mass is 16.5. The molecule has 0 bridgehead atoms. The van der Waals surface area contributed by atoms with Crippen LogP contribution in [0.5, 0.6) is 0 Å². The summed E-state index contributed by atoms with van der Waals surface area (Å²) in [5.41, 5.74) is 4.81. The van der Waals surface area contributed by atoms with E-state index >= 15 is 0 Å². The second-order valence-electron chi connectivity index (χ2n) is 5.47. The Hall–Kier alpha value is -3.07. The first-order valence-corrected chi connectivity index (χ1v) is 7.46. The summed E-state index contributed by atoms with van der Waals surface area (Å²) in [5.74, 6) is -0.323. The fourth-order valence-electron chi connectivity index (χ4n) is 3.05. The van der Waals surface area contributed by atoms with Gasteiger partial charge < -0.3 is 9.72 Å². The van der Waals surface area contributed by atoms with Crippen molar-refractivity contribution in [2.75, 3.05) is 7.11 Å². The maximum Gasteiger partial charge on any atom is 0.337 e. The molecule has 0 aliphatic heterocycles. The van der Waals surface area contributed by atoms with E-state index in [2.05, 4.69) is 29.2 Å². The summed E-state index contributed by atoms with van der Waals surface area (Å²) in [6.07, 6.45) is 0. The molecule has 112 valence electrons. The van der Waals surface area contributed by atoms with Gasteiger partial charge in [0.05, 0.1) is 18.2 Å². The van der Waals surface area contributed by atoms with Gasteiger partial charge in [-0.1, -0.05) is 48.5 Å². The molecule has 3 nitrogen and oxygen atoms in total. The Morgan fingerprint density at radius 1 is 0.913 bits per heavy atom. The molecule has 1 heterocycles. The van der Waals surface area contributed by atoms with Crippen molar-refractivity contribution in [3.05, 3.63) is 72.3 Å². The van der Waals surface area contributed by atoms with E-state index in [4.69, 9.17) is 4.74 Å². The zero-order valence-electron chi connectivity index (χ0n) is 12.7. The molecule has 23 heavy (non-hydrogen) atoms. The van der Waals surface area contributed by atoms with Crippen LogP contribution in [0.3, 0.4) is 0 Å². The Bertz CT molecular complexity index is 1030. The van der Waals surface area contributed by atoms with E-state index in [0.717, 1.165) is 22.2 Å². The Morgan fingerprint density at radius 2 is 1.70 bits per heavy atom. The van der Waals surface area contributed by atoms with E-state index in [9.17, 15) is 4.79 Å². The zero-order chi connectivity index (χ0) is 15.8. The molecule has 0 aliphatic rings. The van der Waals surface area contributed by atoms with E-state index in [1.165, 1.54) is 17.9 Å². The lowest BCUT2D eigenvalue weighted by Crippen LogP contribution is -2.00. The fraction of sp³-hybridized carbons (Fsp3) is 0.0500. The first-order valence-electron chi connectivity index (χ1n) is 7.46. The number of ether oxygens (including phenoxy) is 1. The normalized spacial score (nSPS) is 11.0. The van der Waals surface area contributed by atoms with Gasteiger partial charge in [-0.05, 0) is 23.8 Å². The summed E-state index contributed by atoms with van der Waals surface area (Å²) in [6, 6.07) is 22.0. The largest absolute Gasteiger partial charge is 0.465 e. The number of methoxy groups -OCH3 is 1. The second kappa shape index (κ2) is 5.29. The summed E-state index contributed by atoms with van der Waals surface area (Å²) in [5, 5.41) is 2.38. The smallest absolute Gasteiger partial charge is 0.337 e. The van der Waals surface area contributed by atoms with Gasteiger partial charge in [0, 0.05) is 21.9 Å². The number of rotatable bonds is 2. The average Bonchev–Trinajstić information content (AvgIpc) is 3.00. The van der Waals surface area contributed by atoms with Gasteiger partial charge in [-0.15, -0.1) is 0 Å². The molecule has 0 saturated heterocycles. The van der Waals surface area contributed by atoms with Gasteiger partial charge in [-0.3, -0.25) is 0 Å². The van der Waals surface area contributed by atoms with E-state index in [1.807, 2.05) is 36.4 Å². The van der Waals surface area contributed by atoms with Gasteiger partial charge in [-0.2, -0.15) is 0 Å². The van der Waals surface area contributed by atoms with E-state index in [1.54, 1.807) is 6.07 Å². The van der Waals surface area contributed by atoms with Crippen molar-refractivity contribution in [2.24, 2.45) is 0 Å². The third-order valence-corrected chi connectivity index (χ3v) is 4.14. The number of hydrogen-bond acceptors (Lipinski definition) is 2. The summed E-state index contributed by atoms with van der Waals surface area (Å²) in [7, 11) is 1.40. The molecule has 3 heteroatoms. The van der Waals surface area contributed by atoms with Gasteiger partial charge >= 0.3 is 5.97 Å². The van der Waals surface area contributed by atoms with Gasteiger partial charge in [0.1, 0.15) is 0 Å². The number of carbonyl (C=O) groups excluding carboxylic acids is 1. The van der Waals surface area contributed by atoms with Crippen molar-refractivity contribution in [2.45, 2.75) is 0 Å². The number of hydrogen-bond donors (Lipinski definition) is 1. The molecule has 3 aromatic carbocycles. The molecular formula is C20H15NO2. The molecule has 0 fully saturated rings. The number of H-pyrrole nitrogens is 1. The van der Waals surface area contributed by atoms with Gasteiger partial charge in [0.15, 0.2) is 0 Å². The molecule has 0 saturated carbocycles. The molecule has 0 aliphatic carbocycles. The number of para-hydroxylation sites is 2. The van der Waals surface area contributed by atoms with E-state index < -0.39 is 0 Å². The predicted molar refractivity (Wildman–Crippen MR) is 92.6 cm³/mol. The highest BCUT2D eigenvalue weighted by Crippen LogP contribution is 2.33. The number of esters is 1. The lowest BCUT2D eigenvalue weighted by atomic mass is 10.0. The summed E-state index contributed by atoms with van der Waals surface area (Å²) in [4.78, 5) is 15.3. The van der Waals surface area contributed by atoms with Crippen molar-refractivity contribution in [1.82, 2.24) is 4.98 Å². The predicted octanol–water partition coefficient (Wildman–Crippen LogP) is 4.77. The minimum absolute atomic E-state index is 0.323. The molecule has 0 amide bonds. The molecule has 0 atom stereocenters. The monoisotopic (exact) mass is 301 g/mol. The molecule has 0 radical (unpaired) electrons.